The van der Waals surface area contributed by atoms with Gasteiger partial charge in [-0.25, -0.2) is 8.78 Å². The molecule has 336 valence electrons. The second kappa shape index (κ2) is 18.5. The summed E-state index contributed by atoms with van der Waals surface area (Å²) in [5, 5.41) is 81.5. The van der Waals surface area contributed by atoms with E-state index in [1.807, 2.05) is 0 Å². The van der Waals surface area contributed by atoms with Crippen molar-refractivity contribution in [1.82, 2.24) is 9.13 Å². The first-order chi connectivity index (χ1) is 29.9. The molecular formula is C48H54F2N2O11. The molecule has 4 fully saturated rings. The third-order valence-corrected chi connectivity index (χ3v) is 12.9. The van der Waals surface area contributed by atoms with Crippen LogP contribution < -0.4 is 0 Å². The second-order valence-electron chi connectivity index (χ2n) is 17.2. The number of nitrogens with zero attached hydrogens (tertiary/aromatic N) is 2. The highest BCUT2D eigenvalue weighted by atomic mass is 19.1. The highest BCUT2D eigenvalue weighted by Crippen LogP contribution is 2.42. The zero-order valence-corrected chi connectivity index (χ0v) is 34.4. The fourth-order valence-corrected chi connectivity index (χ4v) is 9.10. The molecule has 4 aromatic carbocycles. The normalized spacial score (nSPS) is 28.4. The first-order valence-electron chi connectivity index (χ1n) is 21.3. The van der Waals surface area contributed by atoms with E-state index in [1.54, 1.807) is 45.8 Å². The summed E-state index contributed by atoms with van der Waals surface area (Å²) >= 11 is 0. The zero-order chi connectivity index (χ0) is 43.4. The molecule has 10 rings (SSSR count). The van der Waals surface area contributed by atoms with Crippen LogP contribution in [-0.4, -0.2) is 118 Å². The Morgan fingerprint density at radius 2 is 0.857 bits per heavy atom. The Bertz CT molecular complexity index is 2330. The van der Waals surface area contributed by atoms with E-state index in [2.05, 4.69) is 48.5 Å². The third-order valence-electron chi connectivity index (χ3n) is 12.9. The van der Waals surface area contributed by atoms with Crippen molar-refractivity contribution in [1.29, 1.82) is 0 Å². The first kappa shape index (κ1) is 45.0. The van der Waals surface area contributed by atoms with E-state index in [0.717, 1.165) is 22.3 Å². The lowest BCUT2D eigenvalue weighted by Crippen LogP contribution is -2.56. The molecule has 2 saturated carbocycles. The monoisotopic (exact) mass is 872 g/mol. The number of aromatic nitrogens is 2. The van der Waals surface area contributed by atoms with Crippen LogP contribution in [0.25, 0.3) is 21.8 Å². The summed E-state index contributed by atoms with van der Waals surface area (Å²) < 4.78 is 44.3. The fourth-order valence-electron chi connectivity index (χ4n) is 9.10. The molecule has 6 aromatic rings. The van der Waals surface area contributed by atoms with Gasteiger partial charge in [0.05, 0.1) is 24.2 Å². The minimum Gasteiger partial charge on any atom is -0.412 e. The molecular weight excluding hydrogens is 819 g/mol. The van der Waals surface area contributed by atoms with Gasteiger partial charge in [-0.15, -0.1) is 0 Å². The number of halogens is 2. The van der Waals surface area contributed by atoms with Crippen molar-refractivity contribution in [3.8, 4) is 0 Å². The van der Waals surface area contributed by atoms with Gasteiger partial charge in [0.2, 0.25) is 0 Å². The lowest BCUT2D eigenvalue weighted by atomic mass is 9.98. The molecule has 0 bridgehead atoms. The molecule has 0 amide bonds. The fraction of sp³-hybridized carbons (Fsp3) is 0.417. The molecule has 4 aliphatic rings. The van der Waals surface area contributed by atoms with E-state index in [0.29, 0.717) is 46.5 Å². The van der Waals surface area contributed by atoms with Gasteiger partial charge in [0.15, 0.2) is 12.5 Å². The lowest BCUT2D eigenvalue weighted by molar-refractivity contribution is -0.250. The average molecular weight is 873 g/mol. The van der Waals surface area contributed by atoms with Crippen LogP contribution in [0.1, 0.15) is 83.4 Å². The lowest BCUT2D eigenvalue weighted by Gasteiger charge is -2.40. The summed E-state index contributed by atoms with van der Waals surface area (Å²) in [6.45, 7) is -1.04. The Morgan fingerprint density at radius 1 is 0.492 bits per heavy atom. The molecule has 2 aromatic heterocycles. The summed E-state index contributed by atoms with van der Waals surface area (Å²) in [6.07, 6.45) is -3.64. The molecule has 2 aliphatic heterocycles. The van der Waals surface area contributed by atoms with Crippen molar-refractivity contribution < 1.29 is 64.6 Å². The van der Waals surface area contributed by atoms with Crippen LogP contribution in [0.4, 0.5) is 8.78 Å². The largest absolute Gasteiger partial charge is 0.412 e. The predicted octanol–water partition coefficient (Wildman–Crippen LogP) is 3.62. The molecule has 15 heteroatoms. The summed E-state index contributed by atoms with van der Waals surface area (Å²) in [6, 6.07) is 26.1. The maximum atomic E-state index is 14.8. The van der Waals surface area contributed by atoms with E-state index < -0.39 is 74.5 Å². The minimum absolute atomic E-state index is 0. The Hall–Kier alpha value is -4.62. The second-order valence-corrected chi connectivity index (χ2v) is 17.2. The predicted molar refractivity (Wildman–Crippen MR) is 228 cm³/mol. The van der Waals surface area contributed by atoms with Crippen molar-refractivity contribution in [3.63, 3.8) is 0 Å². The smallest absolute Gasteiger partial charge is 0.163 e. The standard InChI is InChI=1S/2C24H26FNO5.H2O/c2*25-17-2-1-3-18-20(17)16(10-13-4-6-14(7-5-13)15-8-9-15)11-26(18)24-23(30)22(29)21(28)19(12-27)31-24;/h2*1-7,11,15,19,21-24,27-30H,8-10,12H2;1H2/t2*19-,21-,22+,23-,24-;/m11./s1. The number of rotatable bonds is 10. The molecule has 0 unspecified atom stereocenters. The third kappa shape index (κ3) is 8.80. The van der Waals surface area contributed by atoms with Crippen molar-refractivity contribution in [2.45, 2.75) is 112 Å². The van der Waals surface area contributed by atoms with Crippen LogP contribution in [0.5, 0.6) is 0 Å². The highest BCUT2D eigenvalue weighted by Gasteiger charge is 2.46. The molecule has 0 spiro atoms. The van der Waals surface area contributed by atoms with Crippen LogP contribution in [0, 0.1) is 11.6 Å². The van der Waals surface area contributed by atoms with Crippen LogP contribution in [-0.2, 0) is 22.3 Å². The summed E-state index contributed by atoms with van der Waals surface area (Å²) in [4.78, 5) is 0. The van der Waals surface area contributed by atoms with Crippen molar-refractivity contribution in [3.05, 3.63) is 142 Å². The van der Waals surface area contributed by atoms with Crippen LogP contribution in [0.3, 0.4) is 0 Å². The van der Waals surface area contributed by atoms with Crippen molar-refractivity contribution in [2.75, 3.05) is 13.2 Å². The van der Waals surface area contributed by atoms with Crippen LogP contribution in [0.15, 0.2) is 97.3 Å². The molecule has 10 N–H and O–H groups in total. The molecule has 2 saturated heterocycles. The van der Waals surface area contributed by atoms with Gasteiger partial charge in [0.25, 0.3) is 0 Å². The van der Waals surface area contributed by atoms with Crippen molar-refractivity contribution in [2.24, 2.45) is 0 Å². The maximum absolute atomic E-state index is 14.8. The summed E-state index contributed by atoms with van der Waals surface area (Å²) in [5.41, 5.74) is 7.22. The Labute approximate surface area is 361 Å². The van der Waals surface area contributed by atoms with Gasteiger partial charge in [-0.3, -0.25) is 0 Å². The number of hydrogen-bond acceptors (Lipinski definition) is 10. The molecule has 13 nitrogen and oxygen atoms in total. The number of benzene rings is 4. The van der Waals surface area contributed by atoms with Gasteiger partial charge < -0.3 is 64.9 Å². The van der Waals surface area contributed by atoms with Crippen LogP contribution >= 0.6 is 0 Å². The zero-order valence-electron chi connectivity index (χ0n) is 34.4. The van der Waals surface area contributed by atoms with Gasteiger partial charge in [-0.05, 0) is 108 Å². The Balaban J connectivity index is 0.000000170. The van der Waals surface area contributed by atoms with E-state index in [4.69, 9.17) is 9.47 Å². The maximum Gasteiger partial charge on any atom is 0.163 e. The molecule has 0 radical (unpaired) electrons. The first-order valence-corrected chi connectivity index (χ1v) is 21.3. The molecule has 2 aliphatic carbocycles. The van der Waals surface area contributed by atoms with E-state index in [1.165, 1.54) is 48.9 Å². The summed E-state index contributed by atoms with van der Waals surface area (Å²) in [5.74, 6) is 0.565. The van der Waals surface area contributed by atoms with Crippen LogP contribution in [0.2, 0.25) is 0 Å². The molecule has 63 heavy (non-hydrogen) atoms. The number of fused-ring (bicyclic) bond motifs is 2. The van der Waals surface area contributed by atoms with E-state index in [-0.39, 0.29) is 17.1 Å². The molecule has 10 atom stereocenters. The summed E-state index contributed by atoms with van der Waals surface area (Å²) in [7, 11) is 0. The Kier molecular flexibility index (Phi) is 13.2. The van der Waals surface area contributed by atoms with E-state index >= 15 is 0 Å². The number of aliphatic hydroxyl groups excluding tert-OH is 8. The number of hydrogen-bond donors (Lipinski definition) is 8. The minimum atomic E-state index is -1.50. The SMILES string of the molecule is O.OC[C@H]1O[C@@H](n2cc(Cc3ccc(C4CC4)cc3)c3c(F)cccc32)[C@H](O)[C@@H](O)[C@@H]1O.OC[C@H]1O[C@@H](n2cc(Cc3ccc(C4CC4)cc3)c3c(F)cccc32)[C@H](O)[C@@H](O)[C@@H]1O. The van der Waals surface area contributed by atoms with Gasteiger partial charge in [0, 0.05) is 23.2 Å². The van der Waals surface area contributed by atoms with Gasteiger partial charge in [-0.1, -0.05) is 60.7 Å². The van der Waals surface area contributed by atoms with Gasteiger partial charge in [-0.2, -0.15) is 0 Å². The Morgan fingerprint density at radius 3 is 1.19 bits per heavy atom. The average Bonchev–Trinajstić information content (AvgIpc) is 4.23. The highest BCUT2D eigenvalue weighted by molar-refractivity contribution is 5.86. The number of aliphatic hydroxyl groups is 8. The topological polar surface area (TPSA) is 222 Å². The van der Waals surface area contributed by atoms with E-state index in [9.17, 15) is 49.6 Å². The number of ether oxygens (including phenoxy) is 2. The van der Waals surface area contributed by atoms with Gasteiger partial charge >= 0.3 is 0 Å². The van der Waals surface area contributed by atoms with Crippen molar-refractivity contribution >= 4 is 21.8 Å². The van der Waals surface area contributed by atoms with Gasteiger partial charge in [0.1, 0.15) is 60.5 Å². The quantitative estimate of drug-likeness (QED) is 0.1000. The molecule has 4 heterocycles.